The summed E-state index contributed by atoms with van der Waals surface area (Å²) in [5, 5.41) is 4.90. The van der Waals surface area contributed by atoms with Crippen LogP contribution < -0.4 is 0 Å². The van der Waals surface area contributed by atoms with Gasteiger partial charge in [0.2, 0.25) is 0 Å². The van der Waals surface area contributed by atoms with Gasteiger partial charge in [-0.05, 0) is 25.5 Å². The highest BCUT2D eigenvalue weighted by molar-refractivity contribution is 7.98. The summed E-state index contributed by atoms with van der Waals surface area (Å²) in [5.74, 6) is 0.879. The summed E-state index contributed by atoms with van der Waals surface area (Å²) < 4.78 is 22.0. The van der Waals surface area contributed by atoms with E-state index in [0.29, 0.717) is 48.5 Å². The molecule has 0 bridgehead atoms. The molecule has 2 aromatic rings. The highest BCUT2D eigenvalue weighted by atomic mass is 35.5. The van der Waals surface area contributed by atoms with Gasteiger partial charge in [0.25, 0.3) is 5.91 Å². The summed E-state index contributed by atoms with van der Waals surface area (Å²) in [6.07, 6.45) is 2.03. The van der Waals surface area contributed by atoms with E-state index in [-0.39, 0.29) is 17.8 Å². The van der Waals surface area contributed by atoms with Crippen molar-refractivity contribution in [3.8, 4) is 11.3 Å². The molecule has 31 heavy (non-hydrogen) atoms. The first-order chi connectivity index (χ1) is 15.2. The summed E-state index contributed by atoms with van der Waals surface area (Å²) in [4.78, 5) is 18.2. The number of aromatic nitrogens is 2. The fourth-order valence-corrected chi connectivity index (χ4v) is 6.11. The Morgan fingerprint density at radius 1 is 1.29 bits per heavy atom. The lowest BCUT2D eigenvalue weighted by Gasteiger charge is -2.33. The lowest BCUT2D eigenvalue weighted by molar-refractivity contribution is 0.0297. The van der Waals surface area contributed by atoms with Crippen LogP contribution >= 0.6 is 23.4 Å². The number of piperidine rings is 1. The van der Waals surface area contributed by atoms with Crippen LogP contribution in [0.1, 0.15) is 34.9 Å². The van der Waals surface area contributed by atoms with Gasteiger partial charge in [0.15, 0.2) is 5.69 Å². The van der Waals surface area contributed by atoms with Gasteiger partial charge in [-0.25, -0.2) is 4.39 Å². The minimum Gasteiger partial charge on any atom is -0.378 e. The molecule has 6 nitrogen and oxygen atoms in total. The van der Waals surface area contributed by atoms with Gasteiger partial charge in [-0.2, -0.15) is 5.10 Å². The molecule has 1 aromatic heterocycles. The molecule has 0 saturated carbocycles. The number of fused-ring (bicyclic) bond motifs is 3. The van der Waals surface area contributed by atoms with E-state index >= 15 is 0 Å². The van der Waals surface area contributed by atoms with Gasteiger partial charge in [-0.3, -0.25) is 9.48 Å². The van der Waals surface area contributed by atoms with Crippen molar-refractivity contribution in [2.45, 2.75) is 29.5 Å². The van der Waals surface area contributed by atoms with Crippen LogP contribution in [0, 0.1) is 5.82 Å². The maximum absolute atomic E-state index is 14.6. The molecule has 0 spiro atoms. The Hall–Kier alpha value is -1.61. The minimum absolute atomic E-state index is 0.0489. The third-order valence-electron chi connectivity index (χ3n) is 6.32. The summed E-state index contributed by atoms with van der Waals surface area (Å²) >= 11 is 7.44. The van der Waals surface area contributed by atoms with E-state index in [4.69, 9.17) is 21.4 Å². The maximum atomic E-state index is 14.6. The van der Waals surface area contributed by atoms with E-state index in [1.165, 1.54) is 17.8 Å². The van der Waals surface area contributed by atoms with Crippen molar-refractivity contribution < 1.29 is 13.9 Å². The third-order valence-corrected chi connectivity index (χ3v) is 7.63. The van der Waals surface area contributed by atoms with Crippen molar-refractivity contribution in [3.63, 3.8) is 0 Å². The molecule has 3 aliphatic rings. The standard InChI is InChI=1S/C22H26ClFN4O2S/c23-6-8-26-7-2-3-15(13-26)28-20-16-4-1-5-18(24)21(16)31-14-17(20)19(25-28)22(29)27-9-11-30-12-10-27/h1,4-5,15H,2-3,6-14H2. The Morgan fingerprint density at radius 3 is 2.94 bits per heavy atom. The molecule has 166 valence electrons. The van der Waals surface area contributed by atoms with Gasteiger partial charge < -0.3 is 14.5 Å². The van der Waals surface area contributed by atoms with E-state index in [1.807, 2.05) is 15.6 Å². The third kappa shape index (κ3) is 3.99. The van der Waals surface area contributed by atoms with E-state index in [2.05, 4.69) is 4.90 Å². The largest absolute Gasteiger partial charge is 0.378 e. The van der Waals surface area contributed by atoms with Crippen LogP contribution in [0.5, 0.6) is 0 Å². The molecule has 0 radical (unpaired) electrons. The van der Waals surface area contributed by atoms with E-state index < -0.39 is 0 Å². The number of thioether (sulfide) groups is 1. The van der Waals surface area contributed by atoms with Crippen molar-refractivity contribution in [1.82, 2.24) is 19.6 Å². The molecule has 1 amide bonds. The molecular formula is C22H26ClFN4O2S. The Kier molecular flexibility index (Phi) is 6.23. The molecular weight excluding hydrogens is 439 g/mol. The first kappa shape index (κ1) is 21.2. The number of hydrogen-bond donors (Lipinski definition) is 0. The van der Waals surface area contributed by atoms with Gasteiger partial charge in [0.05, 0.1) is 29.8 Å². The fourth-order valence-electron chi connectivity index (χ4n) is 4.78. The van der Waals surface area contributed by atoms with Gasteiger partial charge in [0.1, 0.15) is 5.82 Å². The number of halogens is 2. The summed E-state index contributed by atoms with van der Waals surface area (Å²) in [5.41, 5.74) is 3.18. The van der Waals surface area contributed by atoms with Crippen molar-refractivity contribution in [2.24, 2.45) is 0 Å². The smallest absolute Gasteiger partial charge is 0.274 e. The number of ether oxygens (including phenoxy) is 1. The zero-order chi connectivity index (χ0) is 21.4. The van der Waals surface area contributed by atoms with Gasteiger partial charge in [0, 0.05) is 48.9 Å². The van der Waals surface area contributed by atoms with Crippen molar-refractivity contribution in [1.29, 1.82) is 0 Å². The Balaban J connectivity index is 1.59. The topological polar surface area (TPSA) is 50.6 Å². The second-order valence-corrected chi connectivity index (χ2v) is 9.58. The van der Waals surface area contributed by atoms with Crippen molar-refractivity contribution in [3.05, 3.63) is 35.3 Å². The molecule has 5 rings (SSSR count). The minimum atomic E-state index is -0.214. The number of carbonyl (C=O) groups excluding carboxylic acids is 1. The number of alkyl halides is 1. The number of carbonyl (C=O) groups is 1. The number of amides is 1. The van der Waals surface area contributed by atoms with Crippen LogP contribution in [-0.4, -0.2) is 77.3 Å². The molecule has 1 aromatic carbocycles. The molecule has 2 fully saturated rings. The quantitative estimate of drug-likeness (QED) is 0.646. The van der Waals surface area contributed by atoms with Gasteiger partial charge >= 0.3 is 0 Å². The number of benzene rings is 1. The van der Waals surface area contributed by atoms with Crippen LogP contribution in [-0.2, 0) is 10.5 Å². The SMILES string of the molecule is O=C(c1nn(C2CCCN(CCCl)C2)c2c1CSc1c(F)cccc1-2)N1CCOCC1. The van der Waals surface area contributed by atoms with Crippen LogP contribution in [0.25, 0.3) is 11.3 Å². The van der Waals surface area contributed by atoms with E-state index in [0.717, 1.165) is 49.3 Å². The molecule has 0 N–H and O–H groups in total. The maximum Gasteiger partial charge on any atom is 0.274 e. The summed E-state index contributed by atoms with van der Waals surface area (Å²) in [6, 6.07) is 5.33. The Labute approximate surface area is 190 Å². The highest BCUT2D eigenvalue weighted by Crippen LogP contribution is 2.45. The van der Waals surface area contributed by atoms with E-state index in [1.54, 1.807) is 6.07 Å². The lowest BCUT2D eigenvalue weighted by Crippen LogP contribution is -2.41. The lowest BCUT2D eigenvalue weighted by atomic mass is 10.0. The second kappa shape index (κ2) is 9.10. The van der Waals surface area contributed by atoms with Crippen molar-refractivity contribution in [2.75, 3.05) is 51.8 Å². The zero-order valence-electron chi connectivity index (χ0n) is 17.4. The zero-order valence-corrected chi connectivity index (χ0v) is 18.9. The normalized spacial score (nSPS) is 21.6. The van der Waals surface area contributed by atoms with Crippen LogP contribution in [0.15, 0.2) is 23.1 Å². The van der Waals surface area contributed by atoms with Crippen LogP contribution in [0.4, 0.5) is 4.39 Å². The first-order valence-corrected chi connectivity index (χ1v) is 12.4. The number of rotatable bonds is 4. The Bertz CT molecular complexity index is 977. The summed E-state index contributed by atoms with van der Waals surface area (Å²) in [7, 11) is 0. The first-order valence-electron chi connectivity index (χ1n) is 10.9. The molecule has 1 atom stereocenters. The van der Waals surface area contributed by atoms with Crippen LogP contribution in [0.2, 0.25) is 0 Å². The average molecular weight is 465 g/mol. The monoisotopic (exact) mass is 464 g/mol. The number of likely N-dealkylation sites (tertiary alicyclic amines) is 1. The predicted octanol–water partition coefficient (Wildman–Crippen LogP) is 3.64. The number of nitrogens with zero attached hydrogens (tertiary/aromatic N) is 4. The fraction of sp³-hybridized carbons (Fsp3) is 0.545. The number of morpholine rings is 1. The summed E-state index contributed by atoms with van der Waals surface area (Å²) in [6.45, 7) is 4.94. The molecule has 4 heterocycles. The second-order valence-electron chi connectivity index (χ2n) is 8.22. The van der Waals surface area contributed by atoms with Crippen LogP contribution in [0.3, 0.4) is 0 Å². The molecule has 3 aliphatic heterocycles. The molecule has 2 saturated heterocycles. The average Bonchev–Trinajstić information content (AvgIpc) is 3.20. The predicted molar refractivity (Wildman–Crippen MR) is 119 cm³/mol. The van der Waals surface area contributed by atoms with Gasteiger partial charge in [-0.15, -0.1) is 23.4 Å². The molecule has 0 aliphatic carbocycles. The highest BCUT2D eigenvalue weighted by Gasteiger charge is 2.35. The Morgan fingerprint density at radius 2 is 2.13 bits per heavy atom. The molecule has 9 heteroatoms. The van der Waals surface area contributed by atoms with E-state index in [9.17, 15) is 9.18 Å². The van der Waals surface area contributed by atoms with Crippen molar-refractivity contribution >= 4 is 29.3 Å². The van der Waals surface area contributed by atoms with Gasteiger partial charge in [-0.1, -0.05) is 12.1 Å². The molecule has 1 unspecified atom stereocenters. The number of hydrogen-bond acceptors (Lipinski definition) is 5.